The lowest BCUT2D eigenvalue weighted by Gasteiger charge is -2.46. The van der Waals surface area contributed by atoms with Crippen molar-refractivity contribution in [2.24, 2.45) is 28.5 Å². The van der Waals surface area contributed by atoms with Crippen LogP contribution < -0.4 is 11.2 Å². The fraction of sp³-hybridized carbons (Fsp3) is 0.667. The van der Waals surface area contributed by atoms with Crippen molar-refractivity contribution in [3.63, 3.8) is 0 Å². The second kappa shape index (κ2) is 29.5. The number of guanidine groups is 1. The minimum Gasteiger partial charge on any atom is -0.462 e. The number of fused-ring (bicyclic) bond motifs is 2. The molecule has 19 atom stereocenters. The van der Waals surface area contributed by atoms with Crippen molar-refractivity contribution in [3.8, 4) is 0 Å². The van der Waals surface area contributed by atoms with Crippen LogP contribution in [0.5, 0.6) is 0 Å². The molecule has 3 aliphatic rings. The van der Waals surface area contributed by atoms with Gasteiger partial charge >= 0.3 is 5.97 Å². The number of hydroxylamine groups is 1. The molecule has 2 bridgehead atoms. The normalized spacial score (nSPS) is 44.3. The Morgan fingerprint density at radius 3 is 1.90 bits per heavy atom. The minimum atomic E-state index is -2.21. The number of aliphatic hydroxyl groups is 11. The standard InChI is InChI=1S/C48H77N3O17/c1-28-17-15-13-11-9-7-5-6-8-10-12-14-16-18-35(67-46-45(62)42(50-47(49)51-64)44(61)31(4)66-46)24-40-36(27-52)39(58)26-48(63,68-40)25-34(55)22-38(57)37(56)20-19-32(53)21-33(54)23-41(59)65-30(3)29(2)43(28)60/h5-18,28-40,42-46,52-58,60-64H,19-27H2,1-4H3,(H3,49,50,51)/b6-5+,9-7+,10-8+,13-11+,14-12+,17-15+,18-16+/t28-,29-,30-,31+,32+,33+,34-,35-,36+,37+,38+,39-,40-,42-,43+,44+,45-,46-,48+/m0/s1. The summed E-state index contributed by atoms with van der Waals surface area (Å²) in [5.41, 5.74) is 7.26. The molecule has 3 rings (SSSR count). The van der Waals surface area contributed by atoms with Gasteiger partial charge in [0, 0.05) is 43.4 Å². The lowest BCUT2D eigenvalue weighted by atomic mass is 9.83. The van der Waals surface area contributed by atoms with E-state index in [1.54, 1.807) is 74.0 Å². The van der Waals surface area contributed by atoms with E-state index in [0.717, 1.165) is 0 Å². The number of aliphatic imine (C=N–C) groups is 1. The summed E-state index contributed by atoms with van der Waals surface area (Å²) in [7, 11) is 0. The van der Waals surface area contributed by atoms with Crippen LogP contribution in [0.15, 0.2) is 90.1 Å². The van der Waals surface area contributed by atoms with Gasteiger partial charge < -0.3 is 80.9 Å². The van der Waals surface area contributed by atoms with E-state index >= 15 is 0 Å². The van der Waals surface area contributed by atoms with E-state index in [1.807, 2.05) is 37.3 Å². The van der Waals surface area contributed by atoms with Crippen LogP contribution in [0.2, 0.25) is 0 Å². The number of ether oxygens (including phenoxy) is 4. The van der Waals surface area contributed by atoms with Crippen LogP contribution in [-0.2, 0) is 23.7 Å². The molecule has 2 fully saturated rings. The van der Waals surface area contributed by atoms with Gasteiger partial charge in [0.1, 0.15) is 24.4 Å². The number of hydrogen-bond donors (Lipinski definition) is 14. The van der Waals surface area contributed by atoms with Crippen molar-refractivity contribution >= 4 is 11.9 Å². The number of carbonyl (C=O) groups is 1. The Balaban J connectivity index is 1.88. The molecule has 0 unspecified atom stereocenters. The first kappa shape index (κ1) is 58.6. The second-order valence-electron chi connectivity index (χ2n) is 18.1. The molecule has 15 N–H and O–H groups in total. The topological polar surface area (TPSA) is 347 Å². The molecule has 0 aromatic carbocycles. The monoisotopic (exact) mass is 968 g/mol. The number of hydrogen-bond acceptors (Lipinski definition) is 18. The Kier molecular flexibility index (Phi) is 25.4. The average molecular weight is 968 g/mol. The average Bonchev–Trinajstić information content (AvgIpc) is 3.27. The number of nitrogens with one attached hydrogen (secondary N) is 1. The molecule has 20 nitrogen and oxygen atoms in total. The summed E-state index contributed by atoms with van der Waals surface area (Å²) in [5.74, 6) is -5.12. The van der Waals surface area contributed by atoms with Gasteiger partial charge in [-0.2, -0.15) is 0 Å². The molecule has 3 aliphatic heterocycles. The van der Waals surface area contributed by atoms with Crippen LogP contribution in [0.1, 0.15) is 79.1 Å². The molecule has 0 aromatic heterocycles. The number of esters is 1. The first-order valence-electron chi connectivity index (χ1n) is 23.2. The number of cyclic esters (lactones) is 1. The van der Waals surface area contributed by atoms with E-state index in [1.165, 1.54) is 6.92 Å². The van der Waals surface area contributed by atoms with Crippen LogP contribution >= 0.6 is 0 Å². The minimum absolute atomic E-state index is 0.0914. The van der Waals surface area contributed by atoms with Crippen LogP contribution in [0, 0.1) is 17.8 Å². The number of carbonyl (C=O) groups excluding carboxylic acids is 1. The smallest absolute Gasteiger partial charge is 0.308 e. The molecule has 0 aliphatic carbocycles. The summed E-state index contributed by atoms with van der Waals surface area (Å²) in [6.45, 7) is 6.15. The van der Waals surface area contributed by atoms with E-state index in [0.29, 0.717) is 0 Å². The van der Waals surface area contributed by atoms with Crippen molar-refractivity contribution in [1.29, 1.82) is 0 Å². The fourth-order valence-electron chi connectivity index (χ4n) is 8.24. The molecule has 0 saturated carbocycles. The summed E-state index contributed by atoms with van der Waals surface area (Å²) < 4.78 is 23.6. The van der Waals surface area contributed by atoms with E-state index in [-0.39, 0.29) is 31.6 Å². The molecule has 0 spiro atoms. The van der Waals surface area contributed by atoms with Gasteiger partial charge in [0.2, 0.25) is 5.96 Å². The van der Waals surface area contributed by atoms with Gasteiger partial charge in [-0.15, -0.1) is 0 Å². The van der Waals surface area contributed by atoms with Crippen LogP contribution in [0.25, 0.3) is 0 Å². The van der Waals surface area contributed by atoms with Gasteiger partial charge in [0.25, 0.3) is 0 Å². The Bertz CT molecular complexity index is 1740. The van der Waals surface area contributed by atoms with Gasteiger partial charge in [0.15, 0.2) is 12.1 Å². The SMILES string of the molecule is C[C@@H]1[C@H](O)[C@@H](C)/C=C/C=C/C=C/C=C/C=C/C=C/C=C/[C@H](O[C@@H]2O[C@H](C)[C@@H](O)[C@H](N=C(N)NO)[C@@H]2O)C[C@@H]2O[C@](O)(C[C@@H](O)C[C@@H](O)[C@H](O)CC[C@@H](O)C[C@@H](O)CC(=O)O[C@H]1C)C[C@H](O)[C@H]2CO. The second-order valence-corrected chi connectivity index (χ2v) is 18.1. The molecule has 3 heterocycles. The largest absolute Gasteiger partial charge is 0.462 e. The summed E-state index contributed by atoms with van der Waals surface area (Å²) >= 11 is 0. The summed E-state index contributed by atoms with van der Waals surface area (Å²) in [6, 6.07) is -1.30. The fourth-order valence-corrected chi connectivity index (χ4v) is 8.24. The van der Waals surface area contributed by atoms with E-state index in [9.17, 15) is 66.2 Å². The highest BCUT2D eigenvalue weighted by Gasteiger charge is 2.49. The summed E-state index contributed by atoms with van der Waals surface area (Å²) in [5, 5.41) is 129. The lowest BCUT2D eigenvalue weighted by molar-refractivity contribution is -0.312. The Morgan fingerprint density at radius 2 is 1.31 bits per heavy atom. The van der Waals surface area contributed by atoms with Crippen molar-refractivity contribution in [2.45, 2.75) is 177 Å². The van der Waals surface area contributed by atoms with Crippen molar-refractivity contribution in [2.75, 3.05) is 6.61 Å². The Morgan fingerprint density at radius 1 is 0.721 bits per heavy atom. The maximum absolute atomic E-state index is 12.6. The Labute approximate surface area is 398 Å². The molecule has 0 aromatic rings. The van der Waals surface area contributed by atoms with Gasteiger partial charge in [-0.05, 0) is 33.1 Å². The van der Waals surface area contributed by atoms with E-state index in [2.05, 4.69) is 4.99 Å². The highest BCUT2D eigenvalue weighted by molar-refractivity contribution is 5.76. The molecule has 0 amide bonds. The first-order chi connectivity index (χ1) is 32.2. The predicted octanol–water partition coefficient (Wildman–Crippen LogP) is -0.0458. The van der Waals surface area contributed by atoms with E-state index in [4.69, 9.17) is 24.7 Å². The number of allylic oxidation sites excluding steroid dienone is 12. The Hall–Kier alpha value is -3.68. The van der Waals surface area contributed by atoms with Crippen molar-refractivity contribution in [3.05, 3.63) is 85.1 Å². The van der Waals surface area contributed by atoms with Crippen LogP contribution in [0.3, 0.4) is 0 Å². The molecule has 2 saturated heterocycles. The quantitative estimate of drug-likeness (QED) is 0.0760. The zero-order valence-corrected chi connectivity index (χ0v) is 39.3. The lowest BCUT2D eigenvalue weighted by Crippen LogP contribution is -2.58. The third-order valence-corrected chi connectivity index (χ3v) is 12.4. The predicted molar refractivity (Wildman–Crippen MR) is 249 cm³/mol. The zero-order chi connectivity index (χ0) is 50.6. The number of aliphatic hydroxyl groups excluding tert-OH is 10. The van der Waals surface area contributed by atoms with Crippen molar-refractivity contribution in [1.82, 2.24) is 5.48 Å². The highest BCUT2D eigenvalue weighted by atomic mass is 16.7. The van der Waals surface area contributed by atoms with E-state index < -0.39 is 154 Å². The number of nitrogens with two attached hydrogens (primary N) is 1. The molecule has 0 radical (unpaired) electrons. The van der Waals surface area contributed by atoms with Gasteiger partial charge in [-0.1, -0.05) is 98.9 Å². The van der Waals surface area contributed by atoms with Crippen molar-refractivity contribution < 1.29 is 85.1 Å². The first-order valence-corrected chi connectivity index (χ1v) is 23.2. The molecule has 68 heavy (non-hydrogen) atoms. The summed E-state index contributed by atoms with van der Waals surface area (Å²) in [4.78, 5) is 16.6. The van der Waals surface area contributed by atoms with Gasteiger partial charge in [0.05, 0.1) is 74.1 Å². The maximum Gasteiger partial charge on any atom is 0.308 e. The third-order valence-electron chi connectivity index (χ3n) is 12.4. The molecule has 20 heteroatoms. The third kappa shape index (κ3) is 19.6. The van der Waals surface area contributed by atoms with Crippen LogP contribution in [-0.4, -0.2) is 177 Å². The maximum atomic E-state index is 12.6. The number of rotatable bonds is 4. The van der Waals surface area contributed by atoms with Gasteiger partial charge in [-0.25, -0.2) is 10.5 Å². The number of nitrogens with zero attached hydrogens (tertiary/aromatic N) is 1. The molecule has 386 valence electrons. The summed E-state index contributed by atoms with van der Waals surface area (Å²) in [6.07, 6.45) is 4.65. The highest BCUT2D eigenvalue weighted by Crippen LogP contribution is 2.38. The molecular weight excluding hydrogens is 891 g/mol. The zero-order valence-electron chi connectivity index (χ0n) is 39.3. The molecular formula is C48H77N3O17. The van der Waals surface area contributed by atoms with Crippen LogP contribution in [0.4, 0.5) is 0 Å². The van der Waals surface area contributed by atoms with Gasteiger partial charge in [-0.3, -0.25) is 10.0 Å².